The average molecular weight is 233 g/mol. The van der Waals surface area contributed by atoms with Gasteiger partial charge in [-0.25, -0.2) is 0 Å². The second kappa shape index (κ2) is 5.22. The van der Waals surface area contributed by atoms with Crippen molar-refractivity contribution in [1.82, 2.24) is 0 Å². The highest BCUT2D eigenvalue weighted by atomic mass is 14.6. The molecule has 1 aliphatic carbocycles. The Hall–Kier alpha value is -2.50. The van der Waals surface area contributed by atoms with Crippen molar-refractivity contribution < 1.29 is 0 Å². The molecule has 0 saturated carbocycles. The first-order valence-corrected chi connectivity index (χ1v) is 5.73. The molecule has 0 atom stereocenters. The Morgan fingerprint density at radius 2 is 1.94 bits per heavy atom. The fourth-order valence-electron chi connectivity index (χ4n) is 1.71. The Labute approximate surface area is 108 Å². The van der Waals surface area contributed by atoms with E-state index in [0.717, 1.165) is 22.3 Å². The van der Waals surface area contributed by atoms with Gasteiger partial charge in [0.15, 0.2) is 0 Å². The Bertz CT molecular complexity index is 604. The fourth-order valence-corrected chi connectivity index (χ4v) is 1.71. The standard InChI is InChI=1S/C17H15N/c1-3-14-6-4-5-7-17(12-14)16-10-8-15(9-11-16)13(2)18/h3-6,8-12H,1-2,18H2. The van der Waals surface area contributed by atoms with Crippen molar-refractivity contribution >= 4 is 11.3 Å². The normalized spacial score (nSPS) is 13.6. The van der Waals surface area contributed by atoms with E-state index < -0.39 is 0 Å². The van der Waals surface area contributed by atoms with E-state index in [2.05, 4.69) is 25.0 Å². The summed E-state index contributed by atoms with van der Waals surface area (Å²) in [5.74, 6) is 0. The van der Waals surface area contributed by atoms with E-state index >= 15 is 0 Å². The molecule has 1 aromatic rings. The number of nitrogens with two attached hydrogens (primary N) is 1. The van der Waals surface area contributed by atoms with E-state index in [1.165, 1.54) is 0 Å². The maximum Gasteiger partial charge on any atom is 0.0314 e. The smallest absolute Gasteiger partial charge is 0.0314 e. The highest BCUT2D eigenvalue weighted by Gasteiger charge is 2.01. The van der Waals surface area contributed by atoms with Crippen LogP contribution in [0, 0.1) is 0 Å². The number of benzene rings is 1. The molecule has 2 rings (SSSR count). The molecule has 1 aliphatic rings. The van der Waals surface area contributed by atoms with Crippen LogP contribution in [0.5, 0.6) is 0 Å². The summed E-state index contributed by atoms with van der Waals surface area (Å²) in [6.45, 7) is 7.51. The molecule has 18 heavy (non-hydrogen) atoms. The predicted molar refractivity (Wildman–Crippen MR) is 78.6 cm³/mol. The molecule has 1 aromatic carbocycles. The van der Waals surface area contributed by atoms with Gasteiger partial charge in [-0.3, -0.25) is 0 Å². The van der Waals surface area contributed by atoms with Gasteiger partial charge < -0.3 is 5.73 Å². The molecular weight excluding hydrogens is 218 g/mol. The molecule has 0 fully saturated rings. The van der Waals surface area contributed by atoms with Gasteiger partial charge in [0.1, 0.15) is 0 Å². The van der Waals surface area contributed by atoms with Crippen LogP contribution in [-0.4, -0.2) is 0 Å². The van der Waals surface area contributed by atoms with Gasteiger partial charge in [0, 0.05) is 11.3 Å². The van der Waals surface area contributed by atoms with Crippen LogP contribution in [0.15, 0.2) is 79.1 Å². The van der Waals surface area contributed by atoms with Crippen LogP contribution in [0.4, 0.5) is 0 Å². The molecule has 0 aliphatic heterocycles. The van der Waals surface area contributed by atoms with Crippen molar-refractivity contribution in [2.45, 2.75) is 0 Å². The SMILES string of the molecule is C=CC1=CC(c2ccc(C(=C)N)cc2)=C=CC=C1. The van der Waals surface area contributed by atoms with Gasteiger partial charge in [-0.1, -0.05) is 55.7 Å². The molecule has 0 aromatic heterocycles. The molecule has 2 N–H and O–H groups in total. The van der Waals surface area contributed by atoms with Gasteiger partial charge in [0.05, 0.1) is 0 Å². The summed E-state index contributed by atoms with van der Waals surface area (Å²) in [4.78, 5) is 0. The number of hydrogen-bond acceptors (Lipinski definition) is 1. The second-order valence-electron chi connectivity index (χ2n) is 4.03. The molecule has 0 heterocycles. The molecule has 88 valence electrons. The van der Waals surface area contributed by atoms with E-state index in [1.807, 2.05) is 48.6 Å². The van der Waals surface area contributed by atoms with E-state index in [4.69, 9.17) is 5.73 Å². The lowest BCUT2D eigenvalue weighted by Gasteiger charge is -2.03. The molecule has 0 bridgehead atoms. The van der Waals surface area contributed by atoms with E-state index in [1.54, 1.807) is 0 Å². The zero-order valence-electron chi connectivity index (χ0n) is 10.2. The first-order chi connectivity index (χ1) is 8.70. The molecule has 1 heteroatoms. The van der Waals surface area contributed by atoms with Crippen molar-refractivity contribution in [1.29, 1.82) is 0 Å². The Kier molecular flexibility index (Phi) is 3.47. The lowest BCUT2D eigenvalue weighted by atomic mass is 10.0. The number of allylic oxidation sites excluding steroid dienone is 6. The third-order valence-electron chi connectivity index (χ3n) is 2.74. The summed E-state index contributed by atoms with van der Waals surface area (Å²) in [5, 5.41) is 0. The van der Waals surface area contributed by atoms with Crippen molar-refractivity contribution in [3.63, 3.8) is 0 Å². The summed E-state index contributed by atoms with van der Waals surface area (Å²) in [6.07, 6.45) is 9.74. The summed E-state index contributed by atoms with van der Waals surface area (Å²) >= 11 is 0. The molecule has 0 saturated heterocycles. The van der Waals surface area contributed by atoms with Gasteiger partial charge in [0.25, 0.3) is 0 Å². The minimum Gasteiger partial charge on any atom is -0.399 e. The molecular formula is C17H15N. The Morgan fingerprint density at radius 3 is 2.56 bits per heavy atom. The maximum atomic E-state index is 5.65. The zero-order chi connectivity index (χ0) is 13.0. The van der Waals surface area contributed by atoms with E-state index in [-0.39, 0.29) is 0 Å². The summed E-state index contributed by atoms with van der Waals surface area (Å²) in [7, 11) is 0. The quantitative estimate of drug-likeness (QED) is 0.789. The van der Waals surface area contributed by atoms with Gasteiger partial charge in [-0.2, -0.15) is 0 Å². The Balaban J connectivity index is 2.40. The second-order valence-corrected chi connectivity index (χ2v) is 4.03. The minimum atomic E-state index is 0.580. The largest absolute Gasteiger partial charge is 0.399 e. The van der Waals surface area contributed by atoms with Gasteiger partial charge >= 0.3 is 0 Å². The maximum absolute atomic E-state index is 5.65. The average Bonchev–Trinajstić information content (AvgIpc) is 2.64. The number of hydrogen-bond donors (Lipinski definition) is 1. The van der Waals surface area contributed by atoms with Crippen molar-refractivity contribution in [3.8, 4) is 0 Å². The summed E-state index contributed by atoms with van der Waals surface area (Å²) < 4.78 is 0. The van der Waals surface area contributed by atoms with Crippen LogP contribution in [0.25, 0.3) is 11.3 Å². The monoisotopic (exact) mass is 233 g/mol. The lowest BCUT2D eigenvalue weighted by Crippen LogP contribution is -1.93. The van der Waals surface area contributed by atoms with Crippen LogP contribution in [0.2, 0.25) is 0 Å². The lowest BCUT2D eigenvalue weighted by molar-refractivity contribution is 1.51. The van der Waals surface area contributed by atoms with E-state index in [0.29, 0.717) is 5.70 Å². The Morgan fingerprint density at radius 1 is 1.22 bits per heavy atom. The third-order valence-corrected chi connectivity index (χ3v) is 2.74. The summed E-state index contributed by atoms with van der Waals surface area (Å²) in [5.41, 5.74) is 13.6. The zero-order valence-corrected chi connectivity index (χ0v) is 10.2. The van der Waals surface area contributed by atoms with Crippen LogP contribution in [0.3, 0.4) is 0 Å². The first-order valence-electron chi connectivity index (χ1n) is 5.73. The van der Waals surface area contributed by atoms with Gasteiger partial charge in [0.2, 0.25) is 0 Å². The van der Waals surface area contributed by atoms with Crippen molar-refractivity contribution in [2.75, 3.05) is 0 Å². The highest BCUT2D eigenvalue weighted by Crippen LogP contribution is 2.20. The van der Waals surface area contributed by atoms with Crippen molar-refractivity contribution in [2.24, 2.45) is 5.73 Å². The molecule has 0 radical (unpaired) electrons. The highest BCUT2D eigenvalue weighted by molar-refractivity contribution is 5.77. The van der Waals surface area contributed by atoms with Gasteiger partial charge in [-0.05, 0) is 28.9 Å². The van der Waals surface area contributed by atoms with Crippen LogP contribution in [0.1, 0.15) is 11.1 Å². The van der Waals surface area contributed by atoms with Crippen LogP contribution in [-0.2, 0) is 0 Å². The molecule has 1 nitrogen and oxygen atoms in total. The van der Waals surface area contributed by atoms with Gasteiger partial charge in [-0.15, -0.1) is 5.73 Å². The third kappa shape index (κ3) is 2.60. The fraction of sp³-hybridized carbons (Fsp3) is 0. The van der Waals surface area contributed by atoms with Crippen molar-refractivity contribution in [3.05, 3.63) is 90.2 Å². The molecule has 0 unspecified atom stereocenters. The van der Waals surface area contributed by atoms with Crippen LogP contribution < -0.4 is 5.73 Å². The predicted octanol–water partition coefficient (Wildman–Crippen LogP) is 3.84. The minimum absolute atomic E-state index is 0.580. The van der Waals surface area contributed by atoms with Crippen LogP contribution >= 0.6 is 0 Å². The van der Waals surface area contributed by atoms with E-state index in [9.17, 15) is 0 Å². The summed E-state index contributed by atoms with van der Waals surface area (Å²) in [6, 6.07) is 7.97. The number of rotatable bonds is 3. The molecule has 0 spiro atoms. The first kappa shape index (κ1) is 12.0. The topological polar surface area (TPSA) is 26.0 Å². The molecule has 0 amide bonds.